The van der Waals surface area contributed by atoms with Gasteiger partial charge in [-0.1, -0.05) is 30.0 Å². The lowest BCUT2D eigenvalue weighted by atomic mass is 10.0. The van der Waals surface area contributed by atoms with E-state index in [1.54, 1.807) is 18.2 Å². The number of aliphatic hydroxyl groups is 1. The fourth-order valence-electron chi connectivity index (χ4n) is 1.06. The van der Waals surface area contributed by atoms with Gasteiger partial charge >= 0.3 is 0 Å². The van der Waals surface area contributed by atoms with Crippen LogP contribution in [0.4, 0.5) is 0 Å². The Morgan fingerprint density at radius 3 is 2.21 bits per heavy atom. The normalized spacial score (nSPS) is 8.64. The van der Waals surface area contributed by atoms with Gasteiger partial charge in [0.15, 0.2) is 12.6 Å². The summed E-state index contributed by atoms with van der Waals surface area (Å²) in [4.78, 5) is 21.2. The molecule has 0 unspecified atom stereocenters. The zero-order chi connectivity index (χ0) is 10.4. The van der Waals surface area contributed by atoms with Crippen molar-refractivity contribution in [2.24, 2.45) is 0 Å². The molecule has 0 spiro atoms. The Morgan fingerprint density at radius 2 is 1.79 bits per heavy atom. The quantitative estimate of drug-likeness (QED) is 0.547. The van der Waals surface area contributed by atoms with Gasteiger partial charge in [0.25, 0.3) is 0 Å². The Labute approximate surface area is 81.4 Å². The fraction of sp³-hybridized carbons (Fsp3) is 0.0909. The maximum atomic E-state index is 10.6. The van der Waals surface area contributed by atoms with E-state index in [0.29, 0.717) is 29.3 Å². The van der Waals surface area contributed by atoms with Crippen LogP contribution in [-0.4, -0.2) is 24.3 Å². The van der Waals surface area contributed by atoms with E-state index in [2.05, 4.69) is 11.8 Å². The molecule has 0 aromatic heterocycles. The van der Waals surface area contributed by atoms with E-state index in [-0.39, 0.29) is 6.61 Å². The van der Waals surface area contributed by atoms with Crippen molar-refractivity contribution in [2.45, 2.75) is 0 Å². The number of rotatable bonds is 2. The van der Waals surface area contributed by atoms with Crippen molar-refractivity contribution in [3.63, 3.8) is 0 Å². The van der Waals surface area contributed by atoms with Crippen molar-refractivity contribution in [3.05, 3.63) is 34.9 Å². The number of hydrogen-bond donors (Lipinski definition) is 1. The first kappa shape index (κ1) is 10.2. The first-order valence-corrected chi connectivity index (χ1v) is 3.96. The molecule has 0 amide bonds. The summed E-state index contributed by atoms with van der Waals surface area (Å²) in [6.07, 6.45) is 1.27. The lowest BCUT2D eigenvalue weighted by Crippen LogP contribution is -1.94. The molecule has 1 N–H and O–H groups in total. The van der Waals surface area contributed by atoms with Crippen molar-refractivity contribution < 1.29 is 14.7 Å². The van der Waals surface area contributed by atoms with Gasteiger partial charge in [0, 0.05) is 16.7 Å². The second kappa shape index (κ2) is 4.95. The first-order chi connectivity index (χ1) is 6.83. The van der Waals surface area contributed by atoms with E-state index in [0.717, 1.165) is 0 Å². The van der Waals surface area contributed by atoms with Crippen LogP contribution in [0.5, 0.6) is 0 Å². The van der Waals surface area contributed by atoms with E-state index >= 15 is 0 Å². The summed E-state index contributed by atoms with van der Waals surface area (Å²) in [6, 6.07) is 4.75. The van der Waals surface area contributed by atoms with E-state index in [1.165, 1.54) is 0 Å². The minimum absolute atomic E-state index is 0.300. The summed E-state index contributed by atoms with van der Waals surface area (Å²) < 4.78 is 0. The maximum absolute atomic E-state index is 10.6. The highest BCUT2D eigenvalue weighted by Gasteiger charge is 2.03. The molecular formula is C11H8O3. The average molecular weight is 188 g/mol. The lowest BCUT2D eigenvalue weighted by molar-refractivity contribution is 0.112. The molecule has 0 atom stereocenters. The number of carbonyl (C=O) groups excluding carboxylic acids is 2. The van der Waals surface area contributed by atoms with E-state index in [4.69, 9.17) is 5.11 Å². The zero-order valence-corrected chi connectivity index (χ0v) is 7.36. The number of aliphatic hydroxyl groups excluding tert-OH is 1. The first-order valence-electron chi connectivity index (χ1n) is 3.96. The fourth-order valence-corrected chi connectivity index (χ4v) is 1.06. The summed E-state index contributed by atoms with van der Waals surface area (Å²) in [5, 5.41) is 8.50. The number of benzene rings is 1. The third-order valence-electron chi connectivity index (χ3n) is 1.68. The lowest BCUT2D eigenvalue weighted by Gasteiger charge is -1.98. The largest absolute Gasteiger partial charge is 0.384 e. The van der Waals surface area contributed by atoms with E-state index in [9.17, 15) is 9.59 Å². The molecule has 1 rings (SSSR count). The molecule has 1 aromatic carbocycles. The third kappa shape index (κ3) is 2.06. The summed E-state index contributed by atoms with van der Waals surface area (Å²) in [5.41, 5.74) is 1.08. The Balaban J connectivity index is 3.32. The van der Waals surface area contributed by atoms with Crippen LogP contribution in [-0.2, 0) is 0 Å². The monoisotopic (exact) mass is 188 g/mol. The molecule has 0 heterocycles. The van der Waals surface area contributed by atoms with Crippen molar-refractivity contribution in [2.75, 3.05) is 6.61 Å². The summed E-state index contributed by atoms with van der Waals surface area (Å²) in [6.45, 7) is -0.300. The minimum Gasteiger partial charge on any atom is -0.384 e. The van der Waals surface area contributed by atoms with Gasteiger partial charge in [-0.15, -0.1) is 0 Å². The minimum atomic E-state index is -0.300. The number of carbonyl (C=O) groups is 2. The average Bonchev–Trinajstić information content (AvgIpc) is 2.25. The molecule has 0 saturated heterocycles. The molecule has 0 radical (unpaired) electrons. The zero-order valence-electron chi connectivity index (χ0n) is 7.36. The van der Waals surface area contributed by atoms with Crippen molar-refractivity contribution in [1.29, 1.82) is 0 Å². The van der Waals surface area contributed by atoms with Gasteiger partial charge < -0.3 is 5.11 Å². The van der Waals surface area contributed by atoms with Crippen LogP contribution < -0.4 is 0 Å². The van der Waals surface area contributed by atoms with Gasteiger partial charge in [0.1, 0.15) is 6.61 Å². The molecule has 0 aliphatic carbocycles. The predicted molar refractivity (Wildman–Crippen MR) is 51.2 cm³/mol. The summed E-state index contributed by atoms with van der Waals surface area (Å²) in [5.74, 6) is 4.97. The third-order valence-corrected chi connectivity index (χ3v) is 1.68. The second-order valence-electron chi connectivity index (χ2n) is 2.51. The Bertz CT molecular complexity index is 384. The van der Waals surface area contributed by atoms with Gasteiger partial charge in [-0.05, 0) is 0 Å². The van der Waals surface area contributed by atoms with Crippen LogP contribution in [0, 0.1) is 11.8 Å². The highest BCUT2D eigenvalue weighted by Crippen LogP contribution is 2.09. The van der Waals surface area contributed by atoms with Crippen LogP contribution in [0.2, 0.25) is 0 Å². The topological polar surface area (TPSA) is 54.4 Å². The molecule has 0 bridgehead atoms. The van der Waals surface area contributed by atoms with Gasteiger partial charge in [-0.25, -0.2) is 0 Å². The van der Waals surface area contributed by atoms with Crippen LogP contribution in [0.25, 0.3) is 0 Å². The Morgan fingerprint density at radius 1 is 1.21 bits per heavy atom. The standard InChI is InChI=1S/C11H8O3/c12-6-2-5-11-9(7-13)3-1-4-10(11)8-14/h1,3-4,7-8,12H,6H2. The summed E-state index contributed by atoms with van der Waals surface area (Å²) in [7, 11) is 0. The van der Waals surface area contributed by atoms with Crippen LogP contribution in [0.3, 0.4) is 0 Å². The molecular weight excluding hydrogens is 180 g/mol. The predicted octanol–water partition coefficient (Wildman–Crippen LogP) is 0.655. The van der Waals surface area contributed by atoms with Crippen molar-refractivity contribution in [3.8, 4) is 11.8 Å². The highest BCUT2D eigenvalue weighted by molar-refractivity contribution is 5.88. The molecule has 14 heavy (non-hydrogen) atoms. The van der Waals surface area contributed by atoms with E-state index in [1.807, 2.05) is 0 Å². The summed E-state index contributed by atoms with van der Waals surface area (Å²) >= 11 is 0. The second-order valence-corrected chi connectivity index (χ2v) is 2.51. The maximum Gasteiger partial charge on any atom is 0.151 e. The molecule has 0 saturated carbocycles. The van der Waals surface area contributed by atoms with Gasteiger partial charge in [0.05, 0.1) is 0 Å². The molecule has 70 valence electrons. The highest BCUT2D eigenvalue weighted by atomic mass is 16.2. The van der Waals surface area contributed by atoms with Crippen LogP contribution >= 0.6 is 0 Å². The van der Waals surface area contributed by atoms with Crippen LogP contribution in [0.1, 0.15) is 26.3 Å². The number of hydrogen-bond acceptors (Lipinski definition) is 3. The smallest absolute Gasteiger partial charge is 0.151 e. The molecule has 0 aliphatic heterocycles. The van der Waals surface area contributed by atoms with Gasteiger partial charge in [-0.3, -0.25) is 9.59 Å². The van der Waals surface area contributed by atoms with Gasteiger partial charge in [-0.2, -0.15) is 0 Å². The van der Waals surface area contributed by atoms with Gasteiger partial charge in [0.2, 0.25) is 0 Å². The molecule has 3 heteroatoms. The number of aldehydes is 2. The molecule has 0 aliphatic rings. The van der Waals surface area contributed by atoms with E-state index < -0.39 is 0 Å². The molecule has 3 nitrogen and oxygen atoms in total. The van der Waals surface area contributed by atoms with Crippen molar-refractivity contribution in [1.82, 2.24) is 0 Å². The molecule has 0 fully saturated rings. The van der Waals surface area contributed by atoms with Crippen molar-refractivity contribution >= 4 is 12.6 Å². The molecule has 1 aromatic rings. The SMILES string of the molecule is O=Cc1cccc(C=O)c1C#CCO. The Hall–Kier alpha value is -1.92. The Kier molecular flexibility index (Phi) is 3.59. The van der Waals surface area contributed by atoms with Crippen LogP contribution in [0.15, 0.2) is 18.2 Å².